The molecule has 0 radical (unpaired) electrons. The predicted molar refractivity (Wildman–Crippen MR) is 122 cm³/mol. The molecule has 0 spiro atoms. The summed E-state index contributed by atoms with van der Waals surface area (Å²) in [5.74, 6) is 0.568. The monoisotopic (exact) mass is 478 g/mol. The number of benzene rings is 2. The number of nitrogens with one attached hydrogen (secondary N) is 1. The molecule has 0 atom stereocenters. The van der Waals surface area contributed by atoms with Crippen LogP contribution in [0.1, 0.15) is 16.9 Å². The van der Waals surface area contributed by atoms with E-state index in [0.717, 1.165) is 16.9 Å². The van der Waals surface area contributed by atoms with Crippen molar-refractivity contribution in [3.05, 3.63) is 65.0 Å². The number of aryl methyl sites for hydroxylation is 2. The summed E-state index contributed by atoms with van der Waals surface area (Å²) in [7, 11) is -6.03. The second-order valence-electron chi connectivity index (χ2n) is 7.17. The van der Waals surface area contributed by atoms with Crippen LogP contribution in [0.25, 0.3) is 0 Å². The van der Waals surface area contributed by atoms with Crippen LogP contribution in [-0.2, 0) is 26.5 Å². The molecule has 10 heteroatoms. The summed E-state index contributed by atoms with van der Waals surface area (Å²) < 4.78 is 61.3. The molecule has 0 amide bonds. The van der Waals surface area contributed by atoms with Gasteiger partial charge in [0.05, 0.1) is 23.4 Å². The number of ether oxygens (including phenoxy) is 1. The first-order valence-corrected chi connectivity index (χ1v) is 13.3. The van der Waals surface area contributed by atoms with E-state index in [-0.39, 0.29) is 9.10 Å². The van der Waals surface area contributed by atoms with Crippen LogP contribution in [0.3, 0.4) is 0 Å². The Bertz CT molecular complexity index is 1310. The number of thiophene rings is 1. The van der Waals surface area contributed by atoms with Gasteiger partial charge in [-0.15, -0.1) is 11.3 Å². The van der Waals surface area contributed by atoms with E-state index in [1.807, 2.05) is 6.92 Å². The van der Waals surface area contributed by atoms with Crippen molar-refractivity contribution in [1.82, 2.24) is 0 Å². The van der Waals surface area contributed by atoms with Crippen LogP contribution in [0.4, 0.5) is 11.4 Å². The van der Waals surface area contributed by atoms with Crippen molar-refractivity contribution in [2.75, 3.05) is 22.7 Å². The lowest BCUT2D eigenvalue weighted by molar-refractivity contribution is 0.414. The van der Waals surface area contributed by atoms with Crippen molar-refractivity contribution in [1.29, 1.82) is 0 Å². The van der Waals surface area contributed by atoms with Crippen molar-refractivity contribution >= 4 is 42.8 Å². The molecule has 0 aliphatic carbocycles. The Kier molecular flexibility index (Phi) is 5.71. The van der Waals surface area contributed by atoms with E-state index in [0.29, 0.717) is 30.1 Å². The van der Waals surface area contributed by atoms with Gasteiger partial charge in [-0.1, -0.05) is 6.07 Å². The Morgan fingerprint density at radius 2 is 1.74 bits per heavy atom. The van der Waals surface area contributed by atoms with Crippen molar-refractivity contribution in [3.63, 3.8) is 0 Å². The van der Waals surface area contributed by atoms with Crippen molar-refractivity contribution < 1.29 is 21.6 Å². The molecule has 1 aromatic heterocycles. The third-order valence-electron chi connectivity index (χ3n) is 5.04. The molecule has 3 aromatic rings. The minimum atomic E-state index is -3.81. The van der Waals surface area contributed by atoms with Gasteiger partial charge in [0.2, 0.25) is 0 Å². The Labute approximate surface area is 186 Å². The summed E-state index contributed by atoms with van der Waals surface area (Å²) in [6.45, 7) is 2.16. The zero-order valence-corrected chi connectivity index (χ0v) is 19.5. The highest BCUT2D eigenvalue weighted by Crippen LogP contribution is 2.35. The second-order valence-corrected chi connectivity index (χ2v) is 12.2. The Morgan fingerprint density at radius 1 is 1.00 bits per heavy atom. The molecule has 1 aliphatic rings. The van der Waals surface area contributed by atoms with Crippen LogP contribution in [0, 0.1) is 6.92 Å². The fraction of sp³-hybridized carbons (Fsp3) is 0.238. The van der Waals surface area contributed by atoms with Gasteiger partial charge in [0.25, 0.3) is 20.0 Å². The maximum absolute atomic E-state index is 13.3. The Hall–Kier alpha value is -2.56. The van der Waals surface area contributed by atoms with Gasteiger partial charge in [0, 0.05) is 11.4 Å². The zero-order chi connectivity index (χ0) is 22.2. The van der Waals surface area contributed by atoms with Gasteiger partial charge in [-0.2, -0.15) is 0 Å². The average molecular weight is 479 g/mol. The predicted octanol–water partition coefficient (Wildman–Crippen LogP) is 4.01. The van der Waals surface area contributed by atoms with Gasteiger partial charge in [0.1, 0.15) is 9.96 Å². The number of anilines is 2. The summed E-state index contributed by atoms with van der Waals surface area (Å²) in [5, 5.41) is 0. The standard InChI is InChI=1S/C21H22N2O5S3/c1-15-5-12-21(29-15)30(24,25)22-17-7-6-16-4-3-13-23(20(16)14-17)31(26,27)19-10-8-18(28-2)9-11-19/h5-12,14,22H,3-4,13H2,1-2H3. The summed E-state index contributed by atoms with van der Waals surface area (Å²) in [4.78, 5) is 1.05. The van der Waals surface area contributed by atoms with Crippen LogP contribution < -0.4 is 13.8 Å². The van der Waals surface area contributed by atoms with Crippen LogP contribution in [0.15, 0.2) is 63.7 Å². The number of hydrogen-bond acceptors (Lipinski definition) is 6. The van der Waals surface area contributed by atoms with E-state index in [4.69, 9.17) is 4.74 Å². The zero-order valence-electron chi connectivity index (χ0n) is 17.0. The second kappa shape index (κ2) is 8.18. The van der Waals surface area contributed by atoms with Crippen LogP contribution in [0.5, 0.6) is 5.75 Å². The molecule has 0 bridgehead atoms. The number of sulfonamides is 2. The summed E-state index contributed by atoms with van der Waals surface area (Å²) in [6, 6.07) is 14.6. The summed E-state index contributed by atoms with van der Waals surface area (Å²) in [6.07, 6.45) is 1.41. The van der Waals surface area contributed by atoms with E-state index in [2.05, 4.69) is 4.72 Å². The molecule has 31 heavy (non-hydrogen) atoms. The third kappa shape index (κ3) is 4.28. The van der Waals surface area contributed by atoms with E-state index in [1.54, 1.807) is 42.5 Å². The molecule has 0 saturated carbocycles. The number of methoxy groups -OCH3 is 1. The van der Waals surface area contributed by atoms with Crippen molar-refractivity contribution in [2.45, 2.75) is 28.9 Å². The molecule has 2 aromatic carbocycles. The highest BCUT2D eigenvalue weighted by atomic mass is 32.2. The Balaban J connectivity index is 1.69. The van der Waals surface area contributed by atoms with Crippen molar-refractivity contribution in [2.24, 2.45) is 0 Å². The van der Waals surface area contributed by atoms with Gasteiger partial charge in [-0.3, -0.25) is 9.03 Å². The minimum Gasteiger partial charge on any atom is -0.497 e. The summed E-state index contributed by atoms with van der Waals surface area (Å²) >= 11 is 1.18. The third-order valence-corrected chi connectivity index (χ3v) is 9.74. The van der Waals surface area contributed by atoms with Gasteiger partial charge < -0.3 is 4.74 Å². The molecule has 0 saturated heterocycles. The first-order valence-electron chi connectivity index (χ1n) is 9.60. The molecular weight excluding hydrogens is 456 g/mol. The van der Waals surface area contributed by atoms with E-state index >= 15 is 0 Å². The molecule has 0 unspecified atom stereocenters. The number of fused-ring (bicyclic) bond motifs is 1. The van der Waals surface area contributed by atoms with Gasteiger partial charge in [-0.25, -0.2) is 16.8 Å². The first kappa shape index (κ1) is 21.7. The number of nitrogens with zero attached hydrogens (tertiary/aromatic N) is 1. The highest BCUT2D eigenvalue weighted by molar-refractivity contribution is 7.94. The van der Waals surface area contributed by atoms with Crippen molar-refractivity contribution in [3.8, 4) is 5.75 Å². The lowest BCUT2D eigenvalue weighted by Gasteiger charge is -2.31. The normalized spacial score (nSPS) is 14.2. The fourth-order valence-electron chi connectivity index (χ4n) is 3.49. The SMILES string of the molecule is COc1ccc(S(=O)(=O)N2CCCc3ccc(NS(=O)(=O)c4ccc(C)s4)cc32)cc1. The topological polar surface area (TPSA) is 92.8 Å². The highest BCUT2D eigenvalue weighted by Gasteiger charge is 2.30. The van der Waals surface area contributed by atoms with Gasteiger partial charge in [0.15, 0.2) is 0 Å². The van der Waals surface area contributed by atoms with E-state index < -0.39 is 20.0 Å². The minimum absolute atomic E-state index is 0.154. The molecule has 0 fully saturated rings. The lowest BCUT2D eigenvalue weighted by atomic mass is 10.0. The van der Waals surface area contributed by atoms with Crippen LogP contribution in [0.2, 0.25) is 0 Å². The fourth-order valence-corrected chi connectivity index (χ4v) is 7.36. The largest absolute Gasteiger partial charge is 0.497 e. The quantitative estimate of drug-likeness (QED) is 0.578. The van der Waals surface area contributed by atoms with E-state index in [1.165, 1.54) is 34.9 Å². The molecule has 1 N–H and O–H groups in total. The smallest absolute Gasteiger partial charge is 0.271 e. The van der Waals surface area contributed by atoms with Crippen LogP contribution >= 0.6 is 11.3 Å². The summed E-state index contributed by atoms with van der Waals surface area (Å²) in [5.41, 5.74) is 1.67. The molecule has 2 heterocycles. The number of hydrogen-bond donors (Lipinski definition) is 1. The molecule has 7 nitrogen and oxygen atoms in total. The molecular formula is C21H22N2O5S3. The molecule has 164 valence electrons. The maximum atomic E-state index is 13.3. The van der Waals surface area contributed by atoms with Gasteiger partial charge >= 0.3 is 0 Å². The van der Waals surface area contributed by atoms with Crippen LogP contribution in [-0.4, -0.2) is 30.5 Å². The maximum Gasteiger partial charge on any atom is 0.271 e. The Morgan fingerprint density at radius 3 is 2.39 bits per heavy atom. The van der Waals surface area contributed by atoms with Gasteiger partial charge in [-0.05, 0) is 73.9 Å². The number of rotatable bonds is 6. The molecule has 4 rings (SSSR count). The average Bonchev–Trinajstić information content (AvgIpc) is 3.20. The van der Waals surface area contributed by atoms with E-state index in [9.17, 15) is 16.8 Å². The first-order chi connectivity index (χ1) is 14.7. The lowest BCUT2D eigenvalue weighted by Crippen LogP contribution is -2.35. The molecule has 1 aliphatic heterocycles.